The van der Waals surface area contributed by atoms with Crippen molar-refractivity contribution in [2.45, 2.75) is 32.5 Å². The van der Waals surface area contributed by atoms with E-state index in [4.69, 9.17) is 9.15 Å². The first-order valence-electron chi connectivity index (χ1n) is 10.6. The van der Waals surface area contributed by atoms with Gasteiger partial charge in [0.15, 0.2) is 5.76 Å². The number of amides is 2. The fourth-order valence-corrected chi connectivity index (χ4v) is 3.96. The van der Waals surface area contributed by atoms with Gasteiger partial charge in [-0.1, -0.05) is 30.3 Å². The number of anilines is 1. The first-order valence-corrected chi connectivity index (χ1v) is 10.6. The number of ether oxygens (including phenoxy) is 1. The van der Waals surface area contributed by atoms with E-state index < -0.39 is 5.91 Å². The van der Waals surface area contributed by atoms with Crippen LogP contribution in [0.4, 0.5) is 5.69 Å². The number of fused-ring (bicyclic) bond motifs is 1. The summed E-state index contributed by atoms with van der Waals surface area (Å²) in [5.74, 6) is 0.326. The first kappa shape index (κ1) is 21.5. The minimum atomic E-state index is -0.398. The lowest BCUT2D eigenvalue weighted by Crippen LogP contribution is -2.37. The van der Waals surface area contributed by atoms with E-state index in [-0.39, 0.29) is 18.2 Å². The van der Waals surface area contributed by atoms with Crippen LogP contribution in [0, 0.1) is 0 Å². The van der Waals surface area contributed by atoms with Crippen LogP contribution in [0.15, 0.2) is 65.3 Å². The maximum absolute atomic E-state index is 12.7. The van der Waals surface area contributed by atoms with Crippen molar-refractivity contribution in [1.82, 2.24) is 10.6 Å². The van der Waals surface area contributed by atoms with Gasteiger partial charge in [0, 0.05) is 30.4 Å². The number of nitrogens with zero attached hydrogens (tertiary/aromatic N) is 1. The second kappa shape index (κ2) is 9.60. The van der Waals surface area contributed by atoms with Gasteiger partial charge in [-0.3, -0.25) is 9.59 Å². The van der Waals surface area contributed by atoms with E-state index in [2.05, 4.69) is 34.6 Å². The van der Waals surface area contributed by atoms with E-state index in [1.165, 1.54) is 17.5 Å². The molecule has 32 heavy (non-hydrogen) atoms. The zero-order valence-corrected chi connectivity index (χ0v) is 18.3. The molecule has 0 saturated heterocycles. The maximum atomic E-state index is 12.7. The molecule has 7 heteroatoms. The van der Waals surface area contributed by atoms with Crippen LogP contribution >= 0.6 is 0 Å². The molecule has 7 nitrogen and oxygen atoms in total. The van der Waals surface area contributed by atoms with Crippen LogP contribution in [0.3, 0.4) is 0 Å². The largest absolute Gasteiger partial charge is 0.497 e. The molecule has 0 aliphatic carbocycles. The summed E-state index contributed by atoms with van der Waals surface area (Å²) in [5.41, 5.74) is 4.23. The van der Waals surface area contributed by atoms with E-state index in [1.807, 2.05) is 42.5 Å². The van der Waals surface area contributed by atoms with Gasteiger partial charge < -0.3 is 24.7 Å². The third-order valence-corrected chi connectivity index (χ3v) is 5.70. The molecular formula is C25H27N3O4. The quantitative estimate of drug-likeness (QED) is 0.570. The van der Waals surface area contributed by atoms with Gasteiger partial charge in [0.1, 0.15) is 5.75 Å². The molecule has 1 unspecified atom stereocenters. The summed E-state index contributed by atoms with van der Waals surface area (Å²) in [7, 11) is 1.61. The predicted molar refractivity (Wildman–Crippen MR) is 122 cm³/mol. The van der Waals surface area contributed by atoms with Crippen LogP contribution in [0.25, 0.3) is 0 Å². The highest BCUT2D eigenvalue weighted by molar-refractivity contribution is 5.95. The summed E-state index contributed by atoms with van der Waals surface area (Å²) in [4.78, 5) is 27.1. The van der Waals surface area contributed by atoms with Crippen LogP contribution in [0.5, 0.6) is 5.75 Å². The number of benzene rings is 2. The Morgan fingerprint density at radius 3 is 2.66 bits per heavy atom. The zero-order chi connectivity index (χ0) is 22.5. The van der Waals surface area contributed by atoms with Crippen molar-refractivity contribution < 1.29 is 18.7 Å². The summed E-state index contributed by atoms with van der Waals surface area (Å²) < 4.78 is 10.6. The molecule has 1 aliphatic rings. The van der Waals surface area contributed by atoms with Crippen LogP contribution in [-0.4, -0.2) is 31.5 Å². The van der Waals surface area contributed by atoms with Gasteiger partial charge in [-0.05, 0) is 48.7 Å². The second-order valence-electron chi connectivity index (χ2n) is 7.89. The number of hydrogen-bond donors (Lipinski definition) is 2. The summed E-state index contributed by atoms with van der Waals surface area (Å²) >= 11 is 0. The maximum Gasteiger partial charge on any atom is 0.287 e. The minimum Gasteiger partial charge on any atom is -0.497 e. The molecule has 2 heterocycles. The average Bonchev–Trinajstić information content (AvgIpc) is 3.41. The monoisotopic (exact) mass is 433 g/mol. The lowest BCUT2D eigenvalue weighted by atomic mass is 10.1. The predicted octanol–water partition coefficient (Wildman–Crippen LogP) is 3.29. The van der Waals surface area contributed by atoms with Crippen molar-refractivity contribution >= 4 is 17.5 Å². The molecular weight excluding hydrogens is 406 g/mol. The average molecular weight is 434 g/mol. The Morgan fingerprint density at radius 1 is 1.09 bits per heavy atom. The molecule has 3 aromatic rings. The lowest BCUT2D eigenvalue weighted by molar-refractivity contribution is -0.120. The van der Waals surface area contributed by atoms with Gasteiger partial charge in [0.25, 0.3) is 5.91 Å². The number of furan rings is 1. The van der Waals surface area contributed by atoms with Crippen LogP contribution in [-0.2, 0) is 24.3 Å². The normalized spacial score (nSPS) is 14.7. The summed E-state index contributed by atoms with van der Waals surface area (Å²) in [5, 5.41) is 5.45. The molecule has 4 rings (SSSR count). The smallest absolute Gasteiger partial charge is 0.287 e. The lowest BCUT2D eigenvalue weighted by Gasteiger charge is -2.24. The van der Waals surface area contributed by atoms with Gasteiger partial charge in [0.05, 0.1) is 19.9 Å². The standard InChI is InChI=1S/C25H27N3O4/c1-17-13-19-5-3-4-6-22(19)28(17)16-20-11-12-32-24(20)25(30)27-15-23(29)26-14-18-7-9-21(31-2)10-8-18/h3-12,17H,13-16H2,1-2H3,(H,26,29)(H,27,30). The molecule has 166 valence electrons. The third-order valence-electron chi connectivity index (χ3n) is 5.70. The number of rotatable bonds is 8. The molecule has 1 atom stereocenters. The number of carbonyl (C=O) groups is 2. The van der Waals surface area contributed by atoms with Gasteiger partial charge in [-0.25, -0.2) is 0 Å². The topological polar surface area (TPSA) is 83.8 Å². The SMILES string of the molecule is COc1ccc(CNC(=O)CNC(=O)c2occc2CN2c3ccccc3CC2C)cc1. The summed E-state index contributed by atoms with van der Waals surface area (Å²) in [6, 6.07) is 17.9. The Morgan fingerprint density at radius 2 is 1.88 bits per heavy atom. The van der Waals surface area contributed by atoms with E-state index in [0.29, 0.717) is 19.1 Å². The molecule has 0 radical (unpaired) electrons. The van der Waals surface area contributed by atoms with Crippen LogP contribution in [0.2, 0.25) is 0 Å². The van der Waals surface area contributed by atoms with Crippen molar-refractivity contribution in [3.63, 3.8) is 0 Å². The highest BCUT2D eigenvalue weighted by atomic mass is 16.5. The number of methoxy groups -OCH3 is 1. The van der Waals surface area contributed by atoms with E-state index in [0.717, 1.165) is 23.3 Å². The van der Waals surface area contributed by atoms with Crippen molar-refractivity contribution in [1.29, 1.82) is 0 Å². The van der Waals surface area contributed by atoms with Gasteiger partial charge in [0.2, 0.25) is 5.91 Å². The van der Waals surface area contributed by atoms with Crippen molar-refractivity contribution in [3.8, 4) is 5.75 Å². The van der Waals surface area contributed by atoms with Crippen molar-refractivity contribution in [2.24, 2.45) is 0 Å². The highest BCUT2D eigenvalue weighted by Crippen LogP contribution is 2.33. The Kier molecular flexibility index (Phi) is 6.44. The fraction of sp³-hybridized carbons (Fsp3) is 0.280. The Balaban J connectivity index is 1.31. The Bertz CT molecular complexity index is 1090. The molecule has 2 aromatic carbocycles. The summed E-state index contributed by atoms with van der Waals surface area (Å²) in [6.45, 7) is 2.99. The van der Waals surface area contributed by atoms with Crippen molar-refractivity contribution in [3.05, 3.63) is 83.3 Å². The zero-order valence-electron chi connectivity index (χ0n) is 18.3. The summed E-state index contributed by atoms with van der Waals surface area (Å²) in [6.07, 6.45) is 2.49. The van der Waals surface area contributed by atoms with Gasteiger partial charge in [-0.2, -0.15) is 0 Å². The fourth-order valence-electron chi connectivity index (χ4n) is 3.96. The van der Waals surface area contributed by atoms with Crippen molar-refractivity contribution in [2.75, 3.05) is 18.6 Å². The second-order valence-corrected chi connectivity index (χ2v) is 7.89. The van der Waals surface area contributed by atoms with E-state index in [9.17, 15) is 9.59 Å². The highest BCUT2D eigenvalue weighted by Gasteiger charge is 2.27. The molecule has 2 N–H and O–H groups in total. The number of carbonyl (C=O) groups excluding carboxylic acids is 2. The molecule has 2 amide bonds. The minimum absolute atomic E-state index is 0.127. The number of hydrogen-bond acceptors (Lipinski definition) is 5. The Hall–Kier alpha value is -3.74. The third kappa shape index (κ3) is 4.77. The molecule has 0 fully saturated rings. The molecule has 1 aliphatic heterocycles. The molecule has 1 aromatic heterocycles. The molecule has 0 bridgehead atoms. The van der Waals surface area contributed by atoms with Gasteiger partial charge in [-0.15, -0.1) is 0 Å². The number of nitrogens with one attached hydrogen (secondary N) is 2. The molecule has 0 spiro atoms. The van der Waals surface area contributed by atoms with E-state index >= 15 is 0 Å². The van der Waals surface area contributed by atoms with E-state index in [1.54, 1.807) is 7.11 Å². The molecule has 0 saturated carbocycles. The number of para-hydroxylation sites is 1. The first-order chi connectivity index (χ1) is 15.5. The van der Waals surface area contributed by atoms with Gasteiger partial charge >= 0.3 is 0 Å². The van der Waals surface area contributed by atoms with Crippen LogP contribution in [0.1, 0.15) is 34.2 Å². The Labute approximate surface area is 187 Å². The van der Waals surface area contributed by atoms with Crippen LogP contribution < -0.4 is 20.3 Å².